The van der Waals surface area contributed by atoms with Crippen molar-refractivity contribution in [3.05, 3.63) is 60.4 Å². The van der Waals surface area contributed by atoms with Gasteiger partial charge in [0.25, 0.3) is 0 Å². The van der Waals surface area contributed by atoms with Gasteiger partial charge in [0, 0.05) is 23.4 Å². The van der Waals surface area contributed by atoms with Crippen LogP contribution in [0.4, 0.5) is 0 Å². The van der Waals surface area contributed by atoms with Crippen molar-refractivity contribution in [2.45, 2.75) is 18.8 Å². The van der Waals surface area contributed by atoms with Gasteiger partial charge < -0.3 is 5.32 Å². The third kappa shape index (κ3) is 3.21. The molecular weight excluding hydrogens is 306 g/mol. The summed E-state index contributed by atoms with van der Waals surface area (Å²) in [5.41, 5.74) is 3.25. The number of fused-ring (bicyclic) bond motifs is 1. The van der Waals surface area contributed by atoms with Crippen LogP contribution in [0.5, 0.6) is 0 Å². The van der Waals surface area contributed by atoms with Crippen LogP contribution in [0.15, 0.2) is 54.6 Å². The molecular formula is C19H20ClN3. The first kappa shape index (κ1) is 15.9. The Hall–Kier alpha value is -1.97. The third-order valence-electron chi connectivity index (χ3n) is 4.33. The lowest BCUT2D eigenvalue weighted by molar-refractivity contribution is 0.448. The van der Waals surface area contributed by atoms with Gasteiger partial charge in [0.2, 0.25) is 0 Å². The number of nitrogens with zero attached hydrogens (tertiary/aromatic N) is 2. The standard InChI is InChI=1S/C19H19N3.ClH/c1-2-7-14(8-3-1)18-16-10-4-5-11-17(16)21-19(22-18)15-9-6-12-20-13-15;/h1-5,7-8,10-11,15,20H,6,9,12-13H2;1H. The largest absolute Gasteiger partial charge is 0.316 e. The van der Waals surface area contributed by atoms with Crippen LogP contribution in [0.3, 0.4) is 0 Å². The molecule has 0 radical (unpaired) electrons. The Morgan fingerprint density at radius 2 is 1.70 bits per heavy atom. The van der Waals surface area contributed by atoms with Crippen LogP contribution in [0.2, 0.25) is 0 Å². The summed E-state index contributed by atoms with van der Waals surface area (Å²) in [6, 6.07) is 18.7. The summed E-state index contributed by atoms with van der Waals surface area (Å²) in [4.78, 5) is 9.78. The predicted molar refractivity (Wildman–Crippen MR) is 97.1 cm³/mol. The smallest absolute Gasteiger partial charge is 0.134 e. The van der Waals surface area contributed by atoms with E-state index in [9.17, 15) is 0 Å². The molecule has 4 heteroatoms. The van der Waals surface area contributed by atoms with Gasteiger partial charge in [-0.3, -0.25) is 0 Å². The summed E-state index contributed by atoms with van der Waals surface area (Å²) in [6.07, 6.45) is 2.36. The average molecular weight is 326 g/mol. The highest BCUT2D eigenvalue weighted by Gasteiger charge is 2.20. The zero-order valence-corrected chi connectivity index (χ0v) is 13.7. The normalized spacial score (nSPS) is 17.7. The zero-order chi connectivity index (χ0) is 14.8. The van der Waals surface area contributed by atoms with Gasteiger partial charge in [-0.2, -0.15) is 0 Å². The second kappa shape index (κ2) is 7.07. The molecule has 4 rings (SSSR count). The SMILES string of the molecule is Cl.c1ccc(-c2nc(C3CCCNC3)nc3ccccc23)cc1. The molecule has 1 atom stereocenters. The third-order valence-corrected chi connectivity index (χ3v) is 4.33. The summed E-state index contributed by atoms with van der Waals surface area (Å²) < 4.78 is 0. The maximum atomic E-state index is 4.94. The van der Waals surface area contributed by atoms with E-state index in [0.29, 0.717) is 5.92 Å². The maximum Gasteiger partial charge on any atom is 0.134 e. The minimum atomic E-state index is 0. The van der Waals surface area contributed by atoms with E-state index >= 15 is 0 Å². The lowest BCUT2D eigenvalue weighted by Crippen LogP contribution is -2.29. The Morgan fingerprint density at radius 1 is 0.913 bits per heavy atom. The molecule has 1 unspecified atom stereocenters. The van der Waals surface area contributed by atoms with Gasteiger partial charge >= 0.3 is 0 Å². The van der Waals surface area contributed by atoms with Crippen molar-refractivity contribution in [1.82, 2.24) is 15.3 Å². The molecule has 118 valence electrons. The predicted octanol–water partition coefficient (Wildman–Crippen LogP) is 4.19. The Labute approximate surface area is 142 Å². The number of piperidine rings is 1. The lowest BCUT2D eigenvalue weighted by Gasteiger charge is -2.22. The van der Waals surface area contributed by atoms with Gasteiger partial charge in [0.05, 0.1) is 11.2 Å². The van der Waals surface area contributed by atoms with E-state index in [0.717, 1.165) is 41.1 Å². The summed E-state index contributed by atoms with van der Waals surface area (Å²) in [7, 11) is 0. The van der Waals surface area contributed by atoms with Gasteiger partial charge in [-0.1, -0.05) is 48.5 Å². The maximum absolute atomic E-state index is 4.94. The molecule has 0 spiro atoms. The van der Waals surface area contributed by atoms with Crippen LogP contribution < -0.4 is 5.32 Å². The van der Waals surface area contributed by atoms with Gasteiger partial charge in [-0.05, 0) is 25.5 Å². The second-order valence-corrected chi connectivity index (χ2v) is 5.86. The number of nitrogens with one attached hydrogen (secondary N) is 1. The quantitative estimate of drug-likeness (QED) is 0.768. The Kier molecular flexibility index (Phi) is 4.89. The number of para-hydroxylation sites is 1. The van der Waals surface area contributed by atoms with Crippen LogP contribution in [0.1, 0.15) is 24.6 Å². The van der Waals surface area contributed by atoms with Crippen molar-refractivity contribution >= 4 is 23.3 Å². The van der Waals surface area contributed by atoms with Crippen molar-refractivity contribution < 1.29 is 0 Å². The molecule has 0 saturated carbocycles. The van der Waals surface area contributed by atoms with Crippen molar-refractivity contribution in [3.63, 3.8) is 0 Å². The van der Waals surface area contributed by atoms with Crippen molar-refractivity contribution in [1.29, 1.82) is 0 Å². The molecule has 0 amide bonds. The van der Waals surface area contributed by atoms with Crippen LogP contribution >= 0.6 is 12.4 Å². The minimum absolute atomic E-state index is 0. The molecule has 0 bridgehead atoms. The molecule has 2 heterocycles. The summed E-state index contributed by atoms with van der Waals surface area (Å²) in [5, 5.41) is 4.59. The van der Waals surface area contributed by atoms with Gasteiger partial charge in [-0.25, -0.2) is 9.97 Å². The van der Waals surface area contributed by atoms with E-state index in [1.807, 2.05) is 12.1 Å². The molecule has 23 heavy (non-hydrogen) atoms. The van der Waals surface area contributed by atoms with Crippen LogP contribution in [0.25, 0.3) is 22.2 Å². The van der Waals surface area contributed by atoms with E-state index in [2.05, 4.69) is 47.8 Å². The fourth-order valence-electron chi connectivity index (χ4n) is 3.17. The van der Waals surface area contributed by atoms with E-state index in [-0.39, 0.29) is 12.4 Å². The molecule has 1 aliphatic heterocycles. The molecule has 1 saturated heterocycles. The van der Waals surface area contributed by atoms with Gasteiger partial charge in [0.1, 0.15) is 5.82 Å². The molecule has 1 aliphatic rings. The monoisotopic (exact) mass is 325 g/mol. The summed E-state index contributed by atoms with van der Waals surface area (Å²) in [5.74, 6) is 1.39. The average Bonchev–Trinajstić information content (AvgIpc) is 2.62. The van der Waals surface area contributed by atoms with E-state index in [1.54, 1.807) is 0 Å². The highest BCUT2D eigenvalue weighted by atomic mass is 35.5. The molecule has 0 aliphatic carbocycles. The zero-order valence-electron chi connectivity index (χ0n) is 12.9. The number of rotatable bonds is 2. The van der Waals surface area contributed by atoms with Crippen LogP contribution in [-0.2, 0) is 0 Å². The Balaban J connectivity index is 0.00000156. The highest BCUT2D eigenvalue weighted by molar-refractivity contribution is 5.92. The second-order valence-electron chi connectivity index (χ2n) is 5.86. The van der Waals surface area contributed by atoms with Gasteiger partial charge in [-0.15, -0.1) is 12.4 Å². The van der Waals surface area contributed by atoms with Crippen LogP contribution in [-0.4, -0.2) is 23.1 Å². The van der Waals surface area contributed by atoms with Crippen molar-refractivity contribution in [2.24, 2.45) is 0 Å². The Bertz CT molecular complexity index is 783. The highest BCUT2D eigenvalue weighted by Crippen LogP contribution is 2.29. The summed E-state index contributed by atoms with van der Waals surface area (Å²) in [6.45, 7) is 2.09. The molecule has 3 aromatic rings. The fraction of sp³-hybridized carbons (Fsp3) is 0.263. The molecule has 1 N–H and O–H groups in total. The number of aromatic nitrogens is 2. The van der Waals surface area contributed by atoms with E-state index in [4.69, 9.17) is 9.97 Å². The number of benzene rings is 2. The number of halogens is 1. The fourth-order valence-corrected chi connectivity index (χ4v) is 3.17. The molecule has 2 aromatic carbocycles. The van der Waals surface area contributed by atoms with Crippen molar-refractivity contribution in [2.75, 3.05) is 13.1 Å². The Morgan fingerprint density at radius 3 is 2.48 bits per heavy atom. The van der Waals surface area contributed by atoms with E-state index in [1.165, 1.54) is 12.8 Å². The first-order valence-corrected chi connectivity index (χ1v) is 7.94. The summed E-state index contributed by atoms with van der Waals surface area (Å²) >= 11 is 0. The molecule has 3 nitrogen and oxygen atoms in total. The van der Waals surface area contributed by atoms with Crippen molar-refractivity contribution in [3.8, 4) is 11.3 Å². The topological polar surface area (TPSA) is 37.8 Å². The minimum Gasteiger partial charge on any atom is -0.316 e. The van der Waals surface area contributed by atoms with E-state index < -0.39 is 0 Å². The van der Waals surface area contributed by atoms with Gasteiger partial charge in [0.15, 0.2) is 0 Å². The van der Waals surface area contributed by atoms with Crippen LogP contribution in [0, 0.1) is 0 Å². The molecule has 1 fully saturated rings. The first-order valence-electron chi connectivity index (χ1n) is 7.94. The number of hydrogen-bond acceptors (Lipinski definition) is 3. The first-order chi connectivity index (χ1) is 10.9. The number of hydrogen-bond donors (Lipinski definition) is 1. The lowest BCUT2D eigenvalue weighted by atomic mass is 9.97. The molecule has 1 aromatic heterocycles.